The number of ether oxygens (including phenoxy) is 2. The molecular formula is C15H19N3O2. The van der Waals surface area contributed by atoms with Gasteiger partial charge in [-0.1, -0.05) is 39.0 Å². The molecule has 1 heterocycles. The number of anilines is 1. The average Bonchev–Trinajstić information content (AvgIpc) is 2.40. The minimum Gasteiger partial charge on any atom is -0.479 e. The number of methoxy groups -OCH3 is 1. The molecule has 0 spiro atoms. The largest absolute Gasteiger partial charge is 0.479 e. The fourth-order valence-corrected chi connectivity index (χ4v) is 1.89. The molecule has 1 aromatic heterocycles. The van der Waals surface area contributed by atoms with Gasteiger partial charge >= 0.3 is 0 Å². The van der Waals surface area contributed by atoms with Crippen LogP contribution in [0.2, 0.25) is 0 Å². The molecule has 20 heavy (non-hydrogen) atoms. The van der Waals surface area contributed by atoms with Crippen LogP contribution in [0.3, 0.4) is 0 Å². The Hall–Kier alpha value is -2.30. The maximum absolute atomic E-state index is 5.93. The predicted molar refractivity (Wildman–Crippen MR) is 78.2 cm³/mol. The van der Waals surface area contributed by atoms with Gasteiger partial charge in [0.25, 0.3) is 0 Å². The second-order valence-corrected chi connectivity index (χ2v) is 5.45. The van der Waals surface area contributed by atoms with E-state index in [0.717, 1.165) is 11.3 Å². The molecule has 0 saturated carbocycles. The molecule has 0 atom stereocenters. The molecular weight excluding hydrogens is 254 g/mol. The zero-order chi connectivity index (χ0) is 14.8. The zero-order valence-corrected chi connectivity index (χ0v) is 12.2. The van der Waals surface area contributed by atoms with Crippen LogP contribution >= 0.6 is 0 Å². The van der Waals surface area contributed by atoms with Crippen molar-refractivity contribution >= 4 is 5.69 Å². The first-order chi connectivity index (χ1) is 9.43. The Morgan fingerprint density at radius 3 is 2.35 bits per heavy atom. The number of nitrogens with two attached hydrogens (primary N) is 1. The predicted octanol–water partition coefficient (Wildman–Crippen LogP) is 3.16. The van der Waals surface area contributed by atoms with E-state index in [4.69, 9.17) is 15.2 Å². The van der Waals surface area contributed by atoms with Crippen LogP contribution in [0, 0.1) is 0 Å². The van der Waals surface area contributed by atoms with Gasteiger partial charge in [-0.2, -0.15) is 9.97 Å². The van der Waals surface area contributed by atoms with E-state index in [1.807, 2.05) is 24.3 Å². The lowest BCUT2D eigenvalue weighted by Gasteiger charge is -2.22. The van der Waals surface area contributed by atoms with Gasteiger partial charge in [0, 0.05) is 5.56 Å². The topological polar surface area (TPSA) is 70.3 Å². The van der Waals surface area contributed by atoms with Gasteiger partial charge in [-0.3, -0.25) is 0 Å². The first kappa shape index (κ1) is 14.1. The van der Waals surface area contributed by atoms with Crippen molar-refractivity contribution in [1.29, 1.82) is 0 Å². The number of aromatic nitrogens is 2. The Morgan fingerprint density at radius 1 is 1.05 bits per heavy atom. The summed E-state index contributed by atoms with van der Waals surface area (Å²) in [6.07, 6.45) is 1.37. The lowest BCUT2D eigenvalue weighted by molar-refractivity contribution is 0.389. The van der Waals surface area contributed by atoms with Crippen LogP contribution in [0.4, 0.5) is 5.69 Å². The summed E-state index contributed by atoms with van der Waals surface area (Å²) in [7, 11) is 1.51. The molecule has 1 aromatic carbocycles. The highest BCUT2D eigenvalue weighted by Gasteiger charge is 2.20. The van der Waals surface area contributed by atoms with Crippen LogP contribution in [0.5, 0.6) is 17.5 Å². The summed E-state index contributed by atoms with van der Waals surface area (Å²) in [6, 6.07) is 7.83. The normalized spacial score (nSPS) is 11.2. The van der Waals surface area contributed by atoms with E-state index in [2.05, 4.69) is 30.7 Å². The highest BCUT2D eigenvalue weighted by Crippen LogP contribution is 2.36. The van der Waals surface area contributed by atoms with E-state index < -0.39 is 0 Å². The van der Waals surface area contributed by atoms with Crippen molar-refractivity contribution in [2.24, 2.45) is 0 Å². The first-order valence-electron chi connectivity index (χ1n) is 6.35. The maximum atomic E-state index is 5.93. The van der Waals surface area contributed by atoms with Crippen molar-refractivity contribution < 1.29 is 9.47 Å². The van der Waals surface area contributed by atoms with Gasteiger partial charge in [-0.15, -0.1) is 0 Å². The van der Waals surface area contributed by atoms with Crippen LogP contribution in [0.15, 0.2) is 30.6 Å². The summed E-state index contributed by atoms with van der Waals surface area (Å²) in [5.74, 6) is 1.34. The summed E-state index contributed by atoms with van der Waals surface area (Å²) in [4.78, 5) is 8.00. The van der Waals surface area contributed by atoms with Crippen LogP contribution in [0.25, 0.3) is 0 Å². The maximum Gasteiger partial charge on any atom is 0.249 e. The van der Waals surface area contributed by atoms with Crippen LogP contribution in [0.1, 0.15) is 26.3 Å². The molecule has 0 aliphatic carbocycles. The van der Waals surface area contributed by atoms with E-state index in [-0.39, 0.29) is 5.41 Å². The number of benzene rings is 1. The van der Waals surface area contributed by atoms with E-state index >= 15 is 0 Å². The van der Waals surface area contributed by atoms with Crippen LogP contribution in [-0.2, 0) is 5.41 Å². The average molecular weight is 273 g/mol. The highest BCUT2D eigenvalue weighted by molar-refractivity contribution is 5.57. The Labute approximate surface area is 118 Å². The molecule has 0 aliphatic heterocycles. The van der Waals surface area contributed by atoms with Crippen molar-refractivity contribution in [3.8, 4) is 17.5 Å². The highest BCUT2D eigenvalue weighted by atomic mass is 16.5. The van der Waals surface area contributed by atoms with Crippen molar-refractivity contribution in [1.82, 2.24) is 9.97 Å². The lowest BCUT2D eigenvalue weighted by atomic mass is 9.86. The Balaban J connectivity index is 2.41. The molecule has 0 aliphatic rings. The van der Waals surface area contributed by atoms with Gasteiger partial charge in [-0.05, 0) is 11.5 Å². The molecule has 0 bridgehead atoms. The molecule has 5 heteroatoms. The van der Waals surface area contributed by atoms with Gasteiger partial charge in [-0.25, -0.2) is 0 Å². The van der Waals surface area contributed by atoms with Gasteiger partial charge in [0.2, 0.25) is 11.8 Å². The SMILES string of the molecule is COc1ncnc(Oc2ccccc2C(C)(C)C)c1N. The van der Waals surface area contributed by atoms with E-state index in [9.17, 15) is 0 Å². The van der Waals surface area contributed by atoms with E-state index in [1.54, 1.807) is 0 Å². The molecule has 2 rings (SSSR count). The summed E-state index contributed by atoms with van der Waals surface area (Å²) < 4.78 is 10.9. The molecule has 5 nitrogen and oxygen atoms in total. The third-order valence-corrected chi connectivity index (χ3v) is 2.91. The minimum absolute atomic E-state index is 0.0392. The van der Waals surface area contributed by atoms with Crippen molar-refractivity contribution in [3.63, 3.8) is 0 Å². The molecule has 0 fully saturated rings. The number of hydrogen-bond acceptors (Lipinski definition) is 5. The van der Waals surface area contributed by atoms with Crippen LogP contribution in [-0.4, -0.2) is 17.1 Å². The summed E-state index contributed by atoms with van der Waals surface area (Å²) in [5.41, 5.74) is 7.26. The summed E-state index contributed by atoms with van der Waals surface area (Å²) in [5, 5.41) is 0. The molecule has 0 amide bonds. The third kappa shape index (κ3) is 2.82. The summed E-state index contributed by atoms with van der Waals surface area (Å²) >= 11 is 0. The quantitative estimate of drug-likeness (QED) is 0.930. The van der Waals surface area contributed by atoms with Gasteiger partial charge in [0.1, 0.15) is 12.1 Å². The molecule has 2 N–H and O–H groups in total. The zero-order valence-electron chi connectivity index (χ0n) is 12.2. The number of nitrogen functional groups attached to an aromatic ring is 1. The fourth-order valence-electron chi connectivity index (χ4n) is 1.89. The monoisotopic (exact) mass is 273 g/mol. The van der Waals surface area contributed by atoms with Gasteiger partial charge < -0.3 is 15.2 Å². The molecule has 0 unspecified atom stereocenters. The second-order valence-electron chi connectivity index (χ2n) is 5.45. The number of rotatable bonds is 3. The van der Waals surface area contributed by atoms with Crippen LogP contribution < -0.4 is 15.2 Å². The van der Waals surface area contributed by atoms with Crippen molar-refractivity contribution in [3.05, 3.63) is 36.2 Å². The molecule has 0 radical (unpaired) electrons. The number of para-hydroxylation sites is 1. The molecule has 106 valence electrons. The third-order valence-electron chi connectivity index (χ3n) is 2.91. The summed E-state index contributed by atoms with van der Waals surface area (Å²) in [6.45, 7) is 6.37. The molecule has 0 saturated heterocycles. The second kappa shape index (κ2) is 5.36. The standard InChI is InChI=1S/C15H19N3O2/c1-15(2,3)10-7-5-6-8-11(10)20-14-12(16)13(19-4)17-9-18-14/h5-9H,16H2,1-4H3. The first-order valence-corrected chi connectivity index (χ1v) is 6.35. The minimum atomic E-state index is -0.0392. The van der Waals surface area contributed by atoms with Gasteiger partial charge in [0.05, 0.1) is 7.11 Å². The number of nitrogens with zero attached hydrogens (tertiary/aromatic N) is 2. The van der Waals surface area contributed by atoms with E-state index in [0.29, 0.717) is 17.4 Å². The van der Waals surface area contributed by atoms with Crippen molar-refractivity contribution in [2.45, 2.75) is 26.2 Å². The fraction of sp³-hybridized carbons (Fsp3) is 0.333. The Morgan fingerprint density at radius 2 is 1.70 bits per heavy atom. The Kier molecular flexibility index (Phi) is 3.79. The van der Waals surface area contributed by atoms with E-state index in [1.165, 1.54) is 13.4 Å². The molecule has 2 aromatic rings. The lowest BCUT2D eigenvalue weighted by Crippen LogP contribution is -2.12. The van der Waals surface area contributed by atoms with Crippen molar-refractivity contribution in [2.75, 3.05) is 12.8 Å². The number of hydrogen-bond donors (Lipinski definition) is 1. The smallest absolute Gasteiger partial charge is 0.249 e. The Bertz CT molecular complexity index is 606. The van der Waals surface area contributed by atoms with Gasteiger partial charge in [0.15, 0.2) is 5.69 Å².